The van der Waals surface area contributed by atoms with Crippen molar-refractivity contribution in [2.45, 2.75) is 83.2 Å². The molecule has 0 aromatic heterocycles. The first-order chi connectivity index (χ1) is 7.83. The Kier molecular flexibility index (Phi) is 7.87. The van der Waals surface area contributed by atoms with Gasteiger partial charge < -0.3 is 11.1 Å². The lowest BCUT2D eigenvalue weighted by Crippen LogP contribution is -2.39. The molecule has 1 aliphatic carbocycles. The van der Waals surface area contributed by atoms with Gasteiger partial charge in [0.15, 0.2) is 0 Å². The van der Waals surface area contributed by atoms with Crippen molar-refractivity contribution < 1.29 is 0 Å². The van der Waals surface area contributed by atoms with Crippen LogP contribution in [0.4, 0.5) is 0 Å². The van der Waals surface area contributed by atoms with Crippen LogP contribution < -0.4 is 11.1 Å². The molecule has 96 valence electrons. The van der Waals surface area contributed by atoms with Crippen molar-refractivity contribution >= 4 is 0 Å². The Labute approximate surface area is 101 Å². The predicted molar refractivity (Wildman–Crippen MR) is 71.6 cm³/mol. The highest BCUT2D eigenvalue weighted by molar-refractivity contribution is 4.79. The zero-order valence-electron chi connectivity index (χ0n) is 11.0. The van der Waals surface area contributed by atoms with Gasteiger partial charge in [0.25, 0.3) is 0 Å². The first-order valence-corrected chi connectivity index (χ1v) is 7.32. The van der Waals surface area contributed by atoms with Crippen LogP contribution in [0, 0.1) is 0 Å². The van der Waals surface area contributed by atoms with E-state index in [4.69, 9.17) is 5.73 Å². The van der Waals surface area contributed by atoms with Crippen LogP contribution >= 0.6 is 0 Å². The molecule has 2 nitrogen and oxygen atoms in total. The summed E-state index contributed by atoms with van der Waals surface area (Å²) in [5.41, 5.74) is 5.97. The highest BCUT2D eigenvalue weighted by Crippen LogP contribution is 2.16. The second-order valence-corrected chi connectivity index (χ2v) is 5.35. The monoisotopic (exact) mass is 226 g/mol. The fourth-order valence-electron chi connectivity index (χ4n) is 2.62. The molecule has 0 saturated heterocycles. The largest absolute Gasteiger partial charge is 0.328 e. The van der Waals surface area contributed by atoms with Crippen molar-refractivity contribution in [1.82, 2.24) is 5.32 Å². The Hall–Kier alpha value is -0.0800. The molecule has 1 saturated carbocycles. The van der Waals surface area contributed by atoms with Crippen LogP contribution in [-0.2, 0) is 0 Å². The Morgan fingerprint density at radius 1 is 1.06 bits per heavy atom. The van der Waals surface area contributed by atoms with Crippen molar-refractivity contribution in [3.8, 4) is 0 Å². The lowest BCUT2D eigenvalue weighted by Gasteiger charge is -2.27. The quantitative estimate of drug-likeness (QED) is 0.624. The molecule has 2 heteroatoms. The van der Waals surface area contributed by atoms with Gasteiger partial charge in [-0.1, -0.05) is 45.4 Å². The molecule has 2 unspecified atom stereocenters. The van der Waals surface area contributed by atoms with Gasteiger partial charge in [-0.2, -0.15) is 0 Å². The number of nitrogens with two attached hydrogens (primary N) is 1. The third kappa shape index (κ3) is 6.49. The first-order valence-electron chi connectivity index (χ1n) is 7.32. The van der Waals surface area contributed by atoms with E-state index in [1.54, 1.807) is 0 Å². The molecule has 0 aliphatic heterocycles. The topological polar surface area (TPSA) is 38.0 Å². The SMILES string of the molecule is CCCCCCCCNC1CCCC(N)C1. The van der Waals surface area contributed by atoms with Crippen molar-refractivity contribution in [2.75, 3.05) is 6.54 Å². The normalized spacial score (nSPS) is 25.9. The lowest BCUT2D eigenvalue weighted by atomic mass is 9.91. The minimum Gasteiger partial charge on any atom is -0.328 e. The van der Waals surface area contributed by atoms with Gasteiger partial charge in [0.05, 0.1) is 0 Å². The van der Waals surface area contributed by atoms with Crippen LogP contribution in [0.3, 0.4) is 0 Å². The first kappa shape index (κ1) is 14.0. The zero-order valence-corrected chi connectivity index (χ0v) is 11.0. The number of rotatable bonds is 8. The zero-order chi connectivity index (χ0) is 11.6. The Morgan fingerprint density at radius 3 is 2.56 bits per heavy atom. The minimum absolute atomic E-state index is 0.454. The summed E-state index contributed by atoms with van der Waals surface area (Å²) < 4.78 is 0. The summed E-state index contributed by atoms with van der Waals surface area (Å²) >= 11 is 0. The fourth-order valence-corrected chi connectivity index (χ4v) is 2.62. The summed E-state index contributed by atoms with van der Waals surface area (Å²) in [7, 11) is 0. The molecule has 0 aromatic rings. The summed E-state index contributed by atoms with van der Waals surface area (Å²) in [6, 6.07) is 1.16. The van der Waals surface area contributed by atoms with E-state index in [0.717, 1.165) is 0 Å². The number of hydrogen-bond acceptors (Lipinski definition) is 2. The third-order valence-corrected chi connectivity index (χ3v) is 3.68. The van der Waals surface area contributed by atoms with Crippen LogP contribution in [0.15, 0.2) is 0 Å². The Morgan fingerprint density at radius 2 is 1.81 bits per heavy atom. The minimum atomic E-state index is 0.454. The van der Waals surface area contributed by atoms with Gasteiger partial charge in [-0.25, -0.2) is 0 Å². The molecule has 0 aromatic carbocycles. The van der Waals surface area contributed by atoms with Crippen molar-refractivity contribution in [2.24, 2.45) is 5.73 Å². The van der Waals surface area contributed by atoms with Crippen LogP contribution in [0.25, 0.3) is 0 Å². The van der Waals surface area contributed by atoms with Crippen LogP contribution in [0.5, 0.6) is 0 Å². The molecule has 2 atom stereocenters. The molecule has 1 aliphatic rings. The molecule has 3 N–H and O–H groups in total. The molecule has 16 heavy (non-hydrogen) atoms. The fraction of sp³-hybridized carbons (Fsp3) is 1.00. The van der Waals surface area contributed by atoms with Crippen LogP contribution in [0.2, 0.25) is 0 Å². The molecule has 0 bridgehead atoms. The van der Waals surface area contributed by atoms with E-state index in [1.165, 1.54) is 70.8 Å². The molecule has 1 rings (SSSR count). The van der Waals surface area contributed by atoms with E-state index in [1.807, 2.05) is 0 Å². The molecule has 0 radical (unpaired) electrons. The average molecular weight is 226 g/mol. The van der Waals surface area contributed by atoms with E-state index in [9.17, 15) is 0 Å². The predicted octanol–water partition coefficient (Wildman–Crippen LogP) is 3.21. The van der Waals surface area contributed by atoms with Crippen molar-refractivity contribution in [3.05, 3.63) is 0 Å². The molecule has 0 amide bonds. The number of hydrogen-bond donors (Lipinski definition) is 2. The molecular formula is C14H30N2. The standard InChI is InChI=1S/C14H30N2/c1-2-3-4-5-6-7-11-16-14-10-8-9-13(15)12-14/h13-14,16H,2-12,15H2,1H3. The van der Waals surface area contributed by atoms with Crippen molar-refractivity contribution in [3.63, 3.8) is 0 Å². The van der Waals surface area contributed by atoms with E-state index >= 15 is 0 Å². The molecule has 1 fully saturated rings. The van der Waals surface area contributed by atoms with Gasteiger partial charge in [0.1, 0.15) is 0 Å². The van der Waals surface area contributed by atoms with Crippen LogP contribution in [-0.4, -0.2) is 18.6 Å². The van der Waals surface area contributed by atoms with E-state index < -0.39 is 0 Å². The van der Waals surface area contributed by atoms with Gasteiger partial charge in [-0.3, -0.25) is 0 Å². The van der Waals surface area contributed by atoms with E-state index in [-0.39, 0.29) is 0 Å². The highest BCUT2D eigenvalue weighted by Gasteiger charge is 2.17. The van der Waals surface area contributed by atoms with Gasteiger partial charge in [-0.15, -0.1) is 0 Å². The maximum absolute atomic E-state index is 5.97. The summed E-state index contributed by atoms with van der Waals surface area (Å²) in [6.07, 6.45) is 13.4. The molecule has 0 heterocycles. The third-order valence-electron chi connectivity index (χ3n) is 3.68. The maximum Gasteiger partial charge on any atom is 0.00818 e. The Bertz CT molecular complexity index is 159. The number of nitrogens with one attached hydrogen (secondary N) is 1. The highest BCUT2D eigenvalue weighted by atomic mass is 14.9. The van der Waals surface area contributed by atoms with Gasteiger partial charge in [-0.05, 0) is 32.2 Å². The maximum atomic E-state index is 5.97. The number of unbranched alkanes of at least 4 members (excludes halogenated alkanes) is 5. The summed E-state index contributed by atoms with van der Waals surface area (Å²) in [5.74, 6) is 0. The summed E-state index contributed by atoms with van der Waals surface area (Å²) in [5, 5.41) is 3.66. The van der Waals surface area contributed by atoms with Crippen molar-refractivity contribution in [1.29, 1.82) is 0 Å². The van der Waals surface area contributed by atoms with Gasteiger partial charge in [0, 0.05) is 12.1 Å². The average Bonchev–Trinajstić information content (AvgIpc) is 2.28. The molecule has 0 spiro atoms. The second-order valence-electron chi connectivity index (χ2n) is 5.35. The second kappa shape index (κ2) is 9.00. The summed E-state index contributed by atoms with van der Waals surface area (Å²) in [6.45, 7) is 3.47. The summed E-state index contributed by atoms with van der Waals surface area (Å²) in [4.78, 5) is 0. The lowest BCUT2D eigenvalue weighted by molar-refractivity contribution is 0.337. The molecular weight excluding hydrogens is 196 g/mol. The van der Waals surface area contributed by atoms with Crippen LogP contribution in [0.1, 0.15) is 71.1 Å². The van der Waals surface area contributed by atoms with Gasteiger partial charge >= 0.3 is 0 Å². The van der Waals surface area contributed by atoms with E-state index in [2.05, 4.69) is 12.2 Å². The van der Waals surface area contributed by atoms with E-state index in [0.29, 0.717) is 12.1 Å². The smallest absolute Gasteiger partial charge is 0.00818 e. The van der Waals surface area contributed by atoms with Gasteiger partial charge in [0.2, 0.25) is 0 Å². The Balaban J connectivity index is 1.86.